The van der Waals surface area contributed by atoms with Crippen LogP contribution in [0.5, 0.6) is 0 Å². The number of Topliss-reactive ketones (excluding diaryl/α,β-unsaturated/α-hetero) is 1. The summed E-state index contributed by atoms with van der Waals surface area (Å²) in [4.78, 5) is 39.8. The van der Waals surface area contributed by atoms with E-state index in [0.29, 0.717) is 0 Å². The van der Waals surface area contributed by atoms with Crippen LogP contribution in [0, 0.1) is 56.7 Å². The van der Waals surface area contributed by atoms with Gasteiger partial charge in [-0.05, 0) is 79.1 Å². The Labute approximate surface area is 221 Å². The molecule has 0 radical (unpaired) electrons. The lowest BCUT2D eigenvalue weighted by Gasteiger charge is -2.68. The van der Waals surface area contributed by atoms with E-state index in [1.165, 1.54) is 7.11 Å². The summed E-state index contributed by atoms with van der Waals surface area (Å²) in [5.41, 5.74) is -0.0432. The van der Waals surface area contributed by atoms with Crippen LogP contribution in [0.3, 0.4) is 0 Å². The quantitative estimate of drug-likeness (QED) is 0.476. The molecule has 0 aromatic heterocycles. The van der Waals surface area contributed by atoms with Crippen molar-refractivity contribution in [2.75, 3.05) is 7.11 Å². The molecule has 1 N–H and O–H groups in total. The number of ether oxygens (including phenoxy) is 1. The van der Waals surface area contributed by atoms with Gasteiger partial charge in [0.2, 0.25) is 0 Å². The van der Waals surface area contributed by atoms with Gasteiger partial charge < -0.3 is 10.1 Å². The SMILES string of the molecule is COC(=O)N[C@]12CCC(C)(C)CC1C1C(=O)C=C3[C@@]4(C)C=C(C#N)C(=O)[C@@H](C)[C@@H]4CC[C@@]3(C)[C@]1(C)CC2. The number of rotatable bonds is 1. The first kappa shape index (κ1) is 26.2. The molecule has 0 aromatic carbocycles. The summed E-state index contributed by atoms with van der Waals surface area (Å²) in [6.07, 6.45) is 9.57. The predicted octanol–water partition coefficient (Wildman–Crippen LogP) is 5.92. The molecule has 0 aliphatic heterocycles. The van der Waals surface area contributed by atoms with Crippen LogP contribution < -0.4 is 5.32 Å². The minimum atomic E-state index is -0.500. The van der Waals surface area contributed by atoms with E-state index < -0.39 is 17.0 Å². The molecule has 6 heteroatoms. The molecule has 5 rings (SSSR count). The van der Waals surface area contributed by atoms with Crippen LogP contribution in [0.15, 0.2) is 23.3 Å². The third-order valence-electron chi connectivity index (χ3n) is 12.0. The van der Waals surface area contributed by atoms with E-state index in [1.54, 1.807) is 0 Å². The van der Waals surface area contributed by atoms with Gasteiger partial charge >= 0.3 is 6.09 Å². The molecule has 8 atom stereocenters. The van der Waals surface area contributed by atoms with Gasteiger partial charge in [-0.25, -0.2) is 4.79 Å². The van der Waals surface area contributed by atoms with Crippen molar-refractivity contribution >= 4 is 17.7 Å². The van der Waals surface area contributed by atoms with Gasteiger partial charge in [0.1, 0.15) is 6.07 Å². The fourth-order valence-electron chi connectivity index (χ4n) is 9.73. The molecule has 37 heavy (non-hydrogen) atoms. The summed E-state index contributed by atoms with van der Waals surface area (Å²) in [6, 6.07) is 2.15. The number of nitriles is 1. The Morgan fingerprint density at radius 3 is 2.38 bits per heavy atom. The van der Waals surface area contributed by atoms with Crippen molar-refractivity contribution in [1.29, 1.82) is 5.26 Å². The number of nitrogens with zero attached hydrogens (tertiary/aromatic N) is 1. The maximum Gasteiger partial charge on any atom is 0.407 e. The number of methoxy groups -OCH3 is 1. The Morgan fingerprint density at radius 2 is 1.73 bits per heavy atom. The van der Waals surface area contributed by atoms with Gasteiger partial charge in [-0.15, -0.1) is 0 Å². The lowest BCUT2D eigenvalue weighted by atomic mass is 9.36. The molecule has 5 aliphatic carbocycles. The van der Waals surface area contributed by atoms with Gasteiger partial charge in [-0.3, -0.25) is 9.59 Å². The normalized spacial score (nSPS) is 46.1. The zero-order chi connectivity index (χ0) is 27.2. The van der Waals surface area contributed by atoms with Crippen molar-refractivity contribution in [1.82, 2.24) is 5.32 Å². The van der Waals surface area contributed by atoms with Crippen molar-refractivity contribution in [3.05, 3.63) is 23.3 Å². The minimum Gasteiger partial charge on any atom is -0.453 e. The molecule has 3 fully saturated rings. The van der Waals surface area contributed by atoms with E-state index in [4.69, 9.17) is 4.74 Å². The lowest BCUT2D eigenvalue weighted by molar-refractivity contribution is -0.158. The zero-order valence-electron chi connectivity index (χ0n) is 23.5. The van der Waals surface area contributed by atoms with E-state index in [2.05, 4.69) is 46.0 Å². The van der Waals surface area contributed by atoms with E-state index in [1.807, 2.05) is 19.1 Å². The first-order valence-corrected chi connectivity index (χ1v) is 14.0. The van der Waals surface area contributed by atoms with E-state index in [9.17, 15) is 19.6 Å². The fraction of sp³-hybridized carbons (Fsp3) is 0.742. The molecule has 0 aromatic rings. The third-order valence-corrected chi connectivity index (χ3v) is 12.0. The Hall–Kier alpha value is -2.42. The summed E-state index contributed by atoms with van der Waals surface area (Å²) >= 11 is 0. The number of hydrogen-bond donors (Lipinski definition) is 1. The van der Waals surface area contributed by atoms with Crippen molar-refractivity contribution in [3.8, 4) is 6.07 Å². The minimum absolute atomic E-state index is 0.0267. The number of alkyl carbamates (subject to hydrolysis) is 1. The second kappa shape index (κ2) is 8.04. The van der Waals surface area contributed by atoms with Crippen LogP contribution >= 0.6 is 0 Å². The number of allylic oxidation sites excluding steroid dienone is 4. The topological polar surface area (TPSA) is 96.3 Å². The molecule has 0 bridgehead atoms. The highest BCUT2D eigenvalue weighted by atomic mass is 16.5. The monoisotopic (exact) mass is 506 g/mol. The molecule has 6 nitrogen and oxygen atoms in total. The van der Waals surface area contributed by atoms with E-state index in [-0.39, 0.29) is 57.1 Å². The van der Waals surface area contributed by atoms with Gasteiger partial charge in [-0.2, -0.15) is 5.26 Å². The van der Waals surface area contributed by atoms with Crippen LogP contribution in [0.25, 0.3) is 0 Å². The van der Waals surface area contributed by atoms with Crippen molar-refractivity contribution in [2.45, 2.75) is 92.0 Å². The van der Waals surface area contributed by atoms with Crippen LogP contribution in [0.1, 0.15) is 86.5 Å². The van der Waals surface area contributed by atoms with Gasteiger partial charge in [0.25, 0.3) is 0 Å². The summed E-state index contributed by atoms with van der Waals surface area (Å²) in [6.45, 7) is 13.3. The number of carbonyl (C=O) groups is 3. The van der Waals surface area contributed by atoms with Crippen molar-refractivity contribution < 1.29 is 19.1 Å². The standard InChI is InChI=1S/C31H42N2O4/c1-18-20-8-9-29(5)23(28(20,4)15-19(17-32)25(18)35)14-22(34)24-21-16-27(2,3)10-12-31(21,33-26(36)37-7)13-11-30(24,29)6/h14-15,18,20-21,24H,8-13,16H2,1-7H3,(H,33,36)/t18-,20-,21?,24?,28-,29+,30+,31-/m0/s1. The molecule has 3 saturated carbocycles. The Kier molecular flexibility index (Phi) is 5.69. The van der Waals surface area contributed by atoms with Crippen LogP contribution in [-0.2, 0) is 14.3 Å². The van der Waals surface area contributed by atoms with Crippen LogP contribution in [0.4, 0.5) is 4.79 Å². The number of hydrogen-bond acceptors (Lipinski definition) is 5. The Bertz CT molecular complexity index is 1180. The Balaban J connectivity index is 1.66. The molecule has 1 amide bonds. The highest BCUT2D eigenvalue weighted by Crippen LogP contribution is 2.72. The average Bonchev–Trinajstić information content (AvgIpc) is 2.83. The van der Waals surface area contributed by atoms with Gasteiger partial charge in [0.15, 0.2) is 11.6 Å². The first-order chi connectivity index (χ1) is 17.2. The zero-order valence-corrected chi connectivity index (χ0v) is 23.5. The molecule has 0 saturated heterocycles. The first-order valence-electron chi connectivity index (χ1n) is 14.0. The van der Waals surface area contributed by atoms with Gasteiger partial charge in [-0.1, -0.05) is 53.2 Å². The third kappa shape index (κ3) is 3.38. The van der Waals surface area contributed by atoms with Gasteiger partial charge in [0, 0.05) is 22.8 Å². The summed E-state index contributed by atoms with van der Waals surface area (Å²) in [5, 5.41) is 13.0. The summed E-state index contributed by atoms with van der Waals surface area (Å²) in [7, 11) is 1.40. The highest BCUT2D eigenvalue weighted by Gasteiger charge is 2.69. The summed E-state index contributed by atoms with van der Waals surface area (Å²) in [5.74, 6) is -0.250. The molecule has 200 valence electrons. The maximum atomic E-state index is 14.3. The maximum absolute atomic E-state index is 14.3. The lowest BCUT2D eigenvalue weighted by Crippen LogP contribution is -2.69. The van der Waals surface area contributed by atoms with E-state index in [0.717, 1.165) is 50.5 Å². The van der Waals surface area contributed by atoms with Gasteiger partial charge in [0.05, 0.1) is 12.7 Å². The number of ketones is 2. The van der Waals surface area contributed by atoms with Crippen molar-refractivity contribution in [2.24, 2.45) is 45.3 Å². The second-order valence-electron chi connectivity index (χ2n) is 14.2. The van der Waals surface area contributed by atoms with Crippen LogP contribution in [0.2, 0.25) is 0 Å². The number of carbonyl (C=O) groups excluding carboxylic acids is 3. The smallest absolute Gasteiger partial charge is 0.407 e. The predicted molar refractivity (Wildman–Crippen MR) is 140 cm³/mol. The number of fused-ring (bicyclic) bond motifs is 7. The average molecular weight is 507 g/mol. The summed E-state index contributed by atoms with van der Waals surface area (Å²) < 4.78 is 5.05. The molecule has 0 heterocycles. The number of amides is 1. The molecule has 0 spiro atoms. The highest BCUT2D eigenvalue weighted by molar-refractivity contribution is 6.02. The Morgan fingerprint density at radius 1 is 1.05 bits per heavy atom. The molecule has 2 unspecified atom stereocenters. The second-order valence-corrected chi connectivity index (χ2v) is 14.2. The van der Waals surface area contributed by atoms with Crippen molar-refractivity contribution in [3.63, 3.8) is 0 Å². The molecular weight excluding hydrogens is 464 g/mol. The largest absolute Gasteiger partial charge is 0.453 e. The fourth-order valence-corrected chi connectivity index (χ4v) is 9.73. The molecular formula is C31H42N2O4. The van der Waals surface area contributed by atoms with E-state index >= 15 is 0 Å². The number of nitrogens with one attached hydrogen (secondary N) is 1. The molecule has 5 aliphatic rings. The van der Waals surface area contributed by atoms with Crippen LogP contribution in [-0.4, -0.2) is 30.3 Å².